The minimum absolute atomic E-state index is 0.251. The van der Waals surface area contributed by atoms with Gasteiger partial charge in [0.05, 0.1) is 15.7 Å². The van der Waals surface area contributed by atoms with E-state index in [9.17, 15) is 9.59 Å². The smallest absolute Gasteiger partial charge is 0.262 e. The summed E-state index contributed by atoms with van der Waals surface area (Å²) >= 11 is 15.7. The van der Waals surface area contributed by atoms with E-state index in [1.807, 2.05) is 79.7 Å². The predicted molar refractivity (Wildman–Crippen MR) is 174 cm³/mol. The van der Waals surface area contributed by atoms with E-state index < -0.39 is 24.0 Å². The van der Waals surface area contributed by atoms with E-state index in [1.165, 1.54) is 17.8 Å². The van der Waals surface area contributed by atoms with Crippen molar-refractivity contribution < 1.29 is 19.1 Å². The molecule has 0 bridgehead atoms. The Balaban J connectivity index is 1.38. The van der Waals surface area contributed by atoms with E-state index in [0.29, 0.717) is 23.1 Å². The summed E-state index contributed by atoms with van der Waals surface area (Å²) in [5.41, 5.74) is 6.40. The number of hydrogen-bond acceptors (Lipinski definition) is 5. The summed E-state index contributed by atoms with van der Waals surface area (Å²) in [6, 6.07) is 26.8. The Morgan fingerprint density at radius 3 is 2.33 bits per heavy atom. The zero-order chi connectivity index (χ0) is 30.8. The molecule has 0 fully saturated rings. The highest BCUT2D eigenvalue weighted by Gasteiger charge is 2.25. The molecule has 10 heteroatoms. The van der Waals surface area contributed by atoms with E-state index in [0.717, 1.165) is 21.2 Å². The van der Waals surface area contributed by atoms with Crippen LogP contribution in [0.25, 0.3) is 0 Å². The van der Waals surface area contributed by atoms with Crippen molar-refractivity contribution in [2.75, 3.05) is 0 Å². The number of carbonyl (C=O) groups is 2. The molecule has 2 N–H and O–H groups in total. The Morgan fingerprint density at radius 2 is 1.63 bits per heavy atom. The van der Waals surface area contributed by atoms with E-state index in [1.54, 1.807) is 19.1 Å². The summed E-state index contributed by atoms with van der Waals surface area (Å²) in [5.74, 6) is 0.0160. The Morgan fingerprint density at radius 1 is 0.907 bits per heavy atom. The molecular formula is C33H30BrCl2N3O4. The largest absolute Gasteiger partial charge is 0.488 e. The van der Waals surface area contributed by atoms with Gasteiger partial charge in [-0.1, -0.05) is 83.4 Å². The van der Waals surface area contributed by atoms with E-state index in [-0.39, 0.29) is 11.4 Å². The number of amides is 2. The van der Waals surface area contributed by atoms with Crippen LogP contribution in [0.4, 0.5) is 0 Å². The van der Waals surface area contributed by atoms with Gasteiger partial charge in [0.2, 0.25) is 0 Å². The van der Waals surface area contributed by atoms with E-state index in [4.69, 9.17) is 32.7 Å². The number of nitrogens with one attached hydrogen (secondary N) is 2. The zero-order valence-electron chi connectivity index (χ0n) is 23.5. The SMILES string of the molecule is Cc1ccc(COc2ccc(/C=N\NC(=O)[C@@H](Cc3ccccc3)NC(=O)[C@@H](C)Oc3ccc(Cl)cc3Cl)cc2Br)cc1. The fourth-order valence-corrected chi connectivity index (χ4v) is 4.94. The van der Waals surface area contributed by atoms with Gasteiger partial charge in [0.1, 0.15) is 24.1 Å². The zero-order valence-corrected chi connectivity index (χ0v) is 26.6. The molecule has 0 saturated carbocycles. The van der Waals surface area contributed by atoms with Crippen LogP contribution in [-0.4, -0.2) is 30.2 Å². The molecule has 0 radical (unpaired) electrons. The molecule has 0 spiro atoms. The Hall–Kier alpha value is -3.85. The number of carbonyl (C=O) groups excluding carboxylic acids is 2. The lowest BCUT2D eigenvalue weighted by Gasteiger charge is -2.21. The fraction of sp³-hybridized carbons (Fsp3) is 0.182. The molecule has 0 aliphatic rings. The monoisotopic (exact) mass is 681 g/mol. The van der Waals surface area contributed by atoms with Gasteiger partial charge in [-0.15, -0.1) is 0 Å². The molecular weight excluding hydrogens is 653 g/mol. The topological polar surface area (TPSA) is 89.0 Å². The van der Waals surface area contributed by atoms with Gasteiger partial charge in [0.15, 0.2) is 6.10 Å². The highest BCUT2D eigenvalue weighted by atomic mass is 79.9. The Bertz CT molecular complexity index is 1580. The number of aryl methyl sites for hydroxylation is 1. The van der Waals surface area contributed by atoms with Gasteiger partial charge >= 0.3 is 0 Å². The summed E-state index contributed by atoms with van der Waals surface area (Å²) in [4.78, 5) is 26.2. The highest BCUT2D eigenvalue weighted by Crippen LogP contribution is 2.28. The molecule has 0 aromatic heterocycles. The molecule has 4 aromatic rings. The lowest BCUT2D eigenvalue weighted by Crippen LogP contribution is -2.50. The first kappa shape index (κ1) is 32.1. The van der Waals surface area contributed by atoms with Crippen LogP contribution in [-0.2, 0) is 22.6 Å². The molecule has 7 nitrogen and oxygen atoms in total. The van der Waals surface area contributed by atoms with Crippen LogP contribution < -0.4 is 20.2 Å². The maximum absolute atomic E-state index is 13.2. The van der Waals surface area contributed by atoms with Crippen LogP contribution >= 0.6 is 39.1 Å². The molecule has 4 rings (SSSR count). The van der Waals surface area contributed by atoms with Crippen molar-refractivity contribution in [1.82, 2.24) is 10.7 Å². The summed E-state index contributed by atoms with van der Waals surface area (Å²) in [5, 5.41) is 7.61. The van der Waals surface area contributed by atoms with Crippen LogP contribution in [0.5, 0.6) is 11.5 Å². The quantitative estimate of drug-likeness (QED) is 0.121. The highest BCUT2D eigenvalue weighted by molar-refractivity contribution is 9.10. The number of nitrogens with zero attached hydrogens (tertiary/aromatic N) is 1. The van der Waals surface area contributed by atoms with Crippen molar-refractivity contribution in [1.29, 1.82) is 0 Å². The van der Waals surface area contributed by atoms with Gasteiger partial charge in [0, 0.05) is 11.4 Å². The molecule has 0 heterocycles. The van der Waals surface area contributed by atoms with Crippen LogP contribution in [0.15, 0.2) is 101 Å². The molecule has 0 saturated heterocycles. The third-order valence-electron chi connectivity index (χ3n) is 6.34. The average molecular weight is 683 g/mol. The van der Waals surface area contributed by atoms with Crippen molar-refractivity contribution in [2.45, 2.75) is 39.0 Å². The van der Waals surface area contributed by atoms with Gasteiger partial charge in [-0.2, -0.15) is 5.10 Å². The molecule has 4 aromatic carbocycles. The summed E-state index contributed by atoms with van der Waals surface area (Å²) in [6.45, 7) is 4.05. The summed E-state index contributed by atoms with van der Waals surface area (Å²) in [6.07, 6.45) is 0.834. The van der Waals surface area contributed by atoms with Crippen LogP contribution in [0.3, 0.4) is 0 Å². The number of ether oxygens (including phenoxy) is 2. The second kappa shape index (κ2) is 15.6. The van der Waals surface area contributed by atoms with E-state index in [2.05, 4.69) is 31.8 Å². The van der Waals surface area contributed by atoms with Crippen LogP contribution in [0, 0.1) is 6.92 Å². The first-order chi connectivity index (χ1) is 20.7. The Labute approximate surface area is 269 Å². The van der Waals surface area contributed by atoms with Gasteiger partial charge in [0.25, 0.3) is 11.8 Å². The first-order valence-electron chi connectivity index (χ1n) is 13.4. The van der Waals surface area contributed by atoms with Crippen LogP contribution in [0.2, 0.25) is 10.0 Å². The molecule has 43 heavy (non-hydrogen) atoms. The van der Waals surface area contributed by atoms with Crippen molar-refractivity contribution >= 4 is 57.2 Å². The summed E-state index contributed by atoms with van der Waals surface area (Å²) < 4.78 is 12.4. The number of hydrogen-bond donors (Lipinski definition) is 2. The average Bonchev–Trinajstić information content (AvgIpc) is 2.99. The predicted octanol–water partition coefficient (Wildman–Crippen LogP) is 7.29. The molecule has 2 atom stereocenters. The first-order valence-corrected chi connectivity index (χ1v) is 15.0. The third kappa shape index (κ3) is 9.85. The minimum atomic E-state index is -0.933. The molecule has 0 unspecified atom stereocenters. The van der Waals surface area contributed by atoms with Crippen molar-refractivity contribution in [3.05, 3.63) is 128 Å². The molecule has 0 aliphatic heterocycles. The number of hydrazone groups is 1. The fourth-order valence-electron chi connectivity index (χ4n) is 3.97. The second-order valence-corrected chi connectivity index (χ2v) is 11.5. The van der Waals surface area contributed by atoms with Crippen molar-refractivity contribution in [2.24, 2.45) is 5.10 Å². The van der Waals surface area contributed by atoms with Gasteiger partial charge < -0.3 is 14.8 Å². The Kier molecular flexibility index (Phi) is 11.6. The van der Waals surface area contributed by atoms with Crippen molar-refractivity contribution in [3.63, 3.8) is 0 Å². The number of benzene rings is 4. The maximum atomic E-state index is 13.2. The standard InChI is InChI=1S/C33H30BrCl2N3O4/c1-21-8-10-24(11-9-21)20-42-30-14-12-25(16-27(30)34)19-37-39-33(41)29(17-23-6-4-3-5-7-23)38-32(40)22(2)43-31-15-13-26(35)18-28(31)36/h3-16,18-19,22,29H,17,20H2,1-2H3,(H,38,40)(H,39,41)/b37-19-/t22-,29-/m1/s1. The summed E-state index contributed by atoms with van der Waals surface area (Å²) in [7, 11) is 0. The molecule has 2 amide bonds. The van der Waals surface area contributed by atoms with Crippen LogP contribution in [0.1, 0.15) is 29.2 Å². The van der Waals surface area contributed by atoms with Gasteiger partial charge in [-0.25, -0.2) is 5.43 Å². The molecule has 0 aliphatic carbocycles. The maximum Gasteiger partial charge on any atom is 0.262 e. The van der Waals surface area contributed by atoms with E-state index >= 15 is 0 Å². The van der Waals surface area contributed by atoms with Gasteiger partial charge in [-0.05, 0) is 82.9 Å². The van der Waals surface area contributed by atoms with Crippen molar-refractivity contribution in [3.8, 4) is 11.5 Å². The third-order valence-corrected chi connectivity index (χ3v) is 7.49. The molecule has 222 valence electrons. The lowest BCUT2D eigenvalue weighted by atomic mass is 10.1. The minimum Gasteiger partial charge on any atom is -0.488 e. The van der Waals surface area contributed by atoms with Gasteiger partial charge in [-0.3, -0.25) is 9.59 Å². The number of rotatable bonds is 12. The lowest BCUT2D eigenvalue weighted by molar-refractivity contribution is -0.132. The normalized spacial score (nSPS) is 12.4. The number of halogens is 3. The second-order valence-electron chi connectivity index (χ2n) is 9.78.